The second-order valence-corrected chi connectivity index (χ2v) is 5.12. The number of nitrogens with zero attached hydrogens (tertiary/aromatic N) is 2. The van der Waals surface area contributed by atoms with Crippen LogP contribution in [0.3, 0.4) is 0 Å². The van der Waals surface area contributed by atoms with Gasteiger partial charge in [0.05, 0.1) is 5.69 Å². The number of rotatable bonds is 3. The van der Waals surface area contributed by atoms with Gasteiger partial charge in [0, 0.05) is 22.6 Å². The highest BCUT2D eigenvalue weighted by atomic mass is 79.9. The van der Waals surface area contributed by atoms with Crippen LogP contribution in [-0.4, -0.2) is 9.55 Å². The predicted molar refractivity (Wildman–Crippen MR) is 80.9 cm³/mol. The van der Waals surface area contributed by atoms with E-state index >= 15 is 0 Å². The molecule has 0 saturated carbocycles. The molecular weight excluding hydrogens is 321 g/mol. The van der Waals surface area contributed by atoms with E-state index in [0.717, 1.165) is 5.69 Å². The molecule has 0 aliphatic rings. The molecule has 100 valence electrons. The molecule has 20 heavy (non-hydrogen) atoms. The van der Waals surface area contributed by atoms with Gasteiger partial charge in [-0.2, -0.15) is 0 Å². The van der Waals surface area contributed by atoms with Gasteiger partial charge in [-0.25, -0.2) is 9.37 Å². The number of para-hydroxylation sites is 1. The Bertz CT molecular complexity index is 725. The molecule has 3 aromatic rings. The summed E-state index contributed by atoms with van der Waals surface area (Å²) in [7, 11) is 0. The first kappa shape index (κ1) is 12.9. The lowest BCUT2D eigenvalue weighted by molar-refractivity contribution is 0.618. The molecule has 5 heteroatoms. The molecule has 0 unspecified atom stereocenters. The Labute approximate surface area is 124 Å². The van der Waals surface area contributed by atoms with E-state index in [1.807, 2.05) is 30.3 Å². The van der Waals surface area contributed by atoms with E-state index in [0.29, 0.717) is 16.1 Å². The minimum absolute atomic E-state index is 0.312. The third-order valence-electron chi connectivity index (χ3n) is 2.84. The van der Waals surface area contributed by atoms with E-state index in [-0.39, 0.29) is 5.82 Å². The maximum absolute atomic E-state index is 14.0. The molecule has 1 heterocycles. The maximum Gasteiger partial charge on any atom is 0.212 e. The quantitative estimate of drug-likeness (QED) is 0.764. The second kappa shape index (κ2) is 5.46. The second-order valence-electron chi connectivity index (χ2n) is 4.21. The van der Waals surface area contributed by atoms with Gasteiger partial charge in [0.2, 0.25) is 5.95 Å². The standard InChI is InChI=1S/C15H11BrFN3/c16-11-6-7-14(13(17)10-11)20-9-8-18-15(20)19-12-4-2-1-3-5-12/h1-10H,(H,18,19). The zero-order valence-electron chi connectivity index (χ0n) is 10.4. The summed E-state index contributed by atoms with van der Waals surface area (Å²) in [6.07, 6.45) is 3.35. The van der Waals surface area contributed by atoms with Crippen LogP contribution >= 0.6 is 15.9 Å². The molecule has 3 nitrogen and oxygen atoms in total. The Kier molecular flexibility index (Phi) is 3.52. The third kappa shape index (κ3) is 2.58. The summed E-state index contributed by atoms with van der Waals surface area (Å²) in [6, 6.07) is 14.6. The number of halogens is 2. The number of benzene rings is 2. The van der Waals surface area contributed by atoms with Crippen LogP contribution in [0.25, 0.3) is 5.69 Å². The van der Waals surface area contributed by atoms with E-state index in [1.54, 1.807) is 29.1 Å². The lowest BCUT2D eigenvalue weighted by atomic mass is 10.3. The van der Waals surface area contributed by atoms with Gasteiger partial charge in [-0.1, -0.05) is 34.1 Å². The van der Waals surface area contributed by atoms with Crippen LogP contribution in [0.1, 0.15) is 0 Å². The molecule has 0 atom stereocenters. The Balaban J connectivity index is 1.98. The maximum atomic E-state index is 14.0. The zero-order chi connectivity index (χ0) is 13.9. The summed E-state index contributed by atoms with van der Waals surface area (Å²) in [4.78, 5) is 4.22. The Hall–Kier alpha value is -2.14. The first-order valence-electron chi connectivity index (χ1n) is 6.05. The van der Waals surface area contributed by atoms with Gasteiger partial charge >= 0.3 is 0 Å². The van der Waals surface area contributed by atoms with Crippen molar-refractivity contribution in [2.75, 3.05) is 5.32 Å². The summed E-state index contributed by atoms with van der Waals surface area (Å²) >= 11 is 3.25. The Morgan fingerprint density at radius 2 is 1.90 bits per heavy atom. The number of hydrogen-bond donors (Lipinski definition) is 1. The molecule has 0 bridgehead atoms. The topological polar surface area (TPSA) is 29.9 Å². The highest BCUT2D eigenvalue weighted by Crippen LogP contribution is 2.23. The fourth-order valence-corrected chi connectivity index (χ4v) is 2.25. The van der Waals surface area contributed by atoms with E-state index in [1.165, 1.54) is 6.07 Å². The Morgan fingerprint density at radius 1 is 1.10 bits per heavy atom. The van der Waals surface area contributed by atoms with Crippen LogP contribution in [-0.2, 0) is 0 Å². The number of aromatic nitrogens is 2. The SMILES string of the molecule is Fc1cc(Br)ccc1-n1ccnc1Nc1ccccc1. The van der Waals surface area contributed by atoms with Crippen molar-refractivity contribution < 1.29 is 4.39 Å². The van der Waals surface area contributed by atoms with Gasteiger partial charge in [0.15, 0.2) is 0 Å². The third-order valence-corrected chi connectivity index (χ3v) is 3.33. The van der Waals surface area contributed by atoms with Crippen LogP contribution in [0, 0.1) is 5.82 Å². The molecule has 0 fully saturated rings. The van der Waals surface area contributed by atoms with Crippen LogP contribution in [0.15, 0.2) is 65.4 Å². The molecule has 0 aliphatic heterocycles. The molecule has 0 aliphatic carbocycles. The molecule has 3 rings (SSSR count). The lowest BCUT2D eigenvalue weighted by Crippen LogP contribution is -2.02. The summed E-state index contributed by atoms with van der Waals surface area (Å²) in [5, 5.41) is 3.17. The van der Waals surface area contributed by atoms with Crippen molar-refractivity contribution in [3.63, 3.8) is 0 Å². The monoisotopic (exact) mass is 331 g/mol. The van der Waals surface area contributed by atoms with Gasteiger partial charge in [0.25, 0.3) is 0 Å². The normalized spacial score (nSPS) is 10.5. The summed E-state index contributed by atoms with van der Waals surface area (Å²) < 4.78 is 16.4. The first-order valence-corrected chi connectivity index (χ1v) is 6.84. The van der Waals surface area contributed by atoms with Crippen molar-refractivity contribution in [2.45, 2.75) is 0 Å². The summed E-state index contributed by atoms with van der Waals surface area (Å²) in [5.74, 6) is 0.255. The van der Waals surface area contributed by atoms with E-state index in [4.69, 9.17) is 0 Å². The molecule has 0 saturated heterocycles. The fraction of sp³-hybridized carbons (Fsp3) is 0. The molecule has 0 amide bonds. The van der Waals surface area contributed by atoms with Crippen LogP contribution in [0.4, 0.5) is 16.0 Å². The van der Waals surface area contributed by atoms with E-state index in [2.05, 4.69) is 26.2 Å². The van der Waals surface area contributed by atoms with E-state index < -0.39 is 0 Å². The molecule has 1 aromatic heterocycles. The highest BCUT2D eigenvalue weighted by Gasteiger charge is 2.10. The van der Waals surface area contributed by atoms with Crippen molar-refractivity contribution in [1.29, 1.82) is 0 Å². The van der Waals surface area contributed by atoms with Crippen molar-refractivity contribution in [3.8, 4) is 5.69 Å². The van der Waals surface area contributed by atoms with Crippen molar-refractivity contribution in [3.05, 3.63) is 71.2 Å². The zero-order valence-corrected chi connectivity index (χ0v) is 12.0. The first-order chi connectivity index (χ1) is 9.74. The molecule has 0 radical (unpaired) electrons. The number of nitrogens with one attached hydrogen (secondary N) is 1. The van der Waals surface area contributed by atoms with Gasteiger partial charge < -0.3 is 5.32 Å². The summed E-state index contributed by atoms with van der Waals surface area (Å²) in [5.41, 5.74) is 1.35. The van der Waals surface area contributed by atoms with Crippen LogP contribution in [0.2, 0.25) is 0 Å². The lowest BCUT2D eigenvalue weighted by Gasteiger charge is -2.10. The van der Waals surface area contributed by atoms with Crippen LogP contribution < -0.4 is 5.32 Å². The van der Waals surface area contributed by atoms with Gasteiger partial charge in [-0.15, -0.1) is 0 Å². The number of imidazole rings is 1. The number of hydrogen-bond acceptors (Lipinski definition) is 2. The average Bonchev–Trinajstić information content (AvgIpc) is 2.88. The minimum atomic E-state index is -0.312. The smallest absolute Gasteiger partial charge is 0.212 e. The number of anilines is 2. The van der Waals surface area contributed by atoms with E-state index in [9.17, 15) is 4.39 Å². The molecule has 1 N–H and O–H groups in total. The van der Waals surface area contributed by atoms with Crippen molar-refractivity contribution >= 4 is 27.6 Å². The van der Waals surface area contributed by atoms with Gasteiger partial charge in [-0.3, -0.25) is 4.57 Å². The van der Waals surface area contributed by atoms with Crippen LogP contribution in [0.5, 0.6) is 0 Å². The largest absolute Gasteiger partial charge is 0.325 e. The Morgan fingerprint density at radius 3 is 2.65 bits per heavy atom. The highest BCUT2D eigenvalue weighted by molar-refractivity contribution is 9.10. The fourth-order valence-electron chi connectivity index (χ4n) is 1.92. The summed E-state index contributed by atoms with van der Waals surface area (Å²) in [6.45, 7) is 0. The average molecular weight is 332 g/mol. The van der Waals surface area contributed by atoms with Gasteiger partial charge in [-0.05, 0) is 30.3 Å². The van der Waals surface area contributed by atoms with Gasteiger partial charge in [0.1, 0.15) is 5.82 Å². The minimum Gasteiger partial charge on any atom is -0.325 e. The molecular formula is C15H11BrFN3. The molecule has 0 spiro atoms. The van der Waals surface area contributed by atoms with Crippen molar-refractivity contribution in [2.24, 2.45) is 0 Å². The predicted octanol–water partition coefficient (Wildman–Crippen LogP) is 4.52. The van der Waals surface area contributed by atoms with Crippen molar-refractivity contribution in [1.82, 2.24) is 9.55 Å². The molecule has 2 aromatic carbocycles.